The second kappa shape index (κ2) is 4.94. The molecule has 80 valence electrons. The first-order valence-electron chi connectivity index (χ1n) is 4.65. The van der Waals surface area contributed by atoms with E-state index < -0.39 is 0 Å². The molecular weight excluding hydrogens is 212 g/mol. The van der Waals surface area contributed by atoms with Crippen LogP contribution in [0.3, 0.4) is 0 Å². The van der Waals surface area contributed by atoms with Gasteiger partial charge >= 0.3 is 0 Å². The molecule has 1 atom stereocenters. The highest BCUT2D eigenvalue weighted by Crippen LogP contribution is 2.19. The number of aryl methyl sites for hydroxylation is 1. The molecule has 5 heteroatoms. The van der Waals surface area contributed by atoms with Gasteiger partial charge in [-0.2, -0.15) is 5.26 Å². The number of hydrogen-bond acceptors (Lipinski definition) is 4. The predicted octanol–water partition coefficient (Wildman–Crippen LogP) is 2.18. The molecule has 15 heavy (non-hydrogen) atoms. The van der Waals surface area contributed by atoms with Gasteiger partial charge in [0.1, 0.15) is 5.82 Å². The Morgan fingerprint density at radius 2 is 2.33 bits per heavy atom. The highest BCUT2D eigenvalue weighted by Gasteiger charge is 2.13. The minimum atomic E-state index is 0.111. The van der Waals surface area contributed by atoms with Crippen LogP contribution in [0.4, 0.5) is 5.82 Å². The molecule has 0 fully saturated rings. The first-order valence-corrected chi connectivity index (χ1v) is 5.03. The summed E-state index contributed by atoms with van der Waals surface area (Å²) in [6.45, 7) is 3.89. The molecule has 0 aliphatic carbocycles. The van der Waals surface area contributed by atoms with Gasteiger partial charge in [-0.05, 0) is 25.4 Å². The van der Waals surface area contributed by atoms with Gasteiger partial charge in [0.05, 0.1) is 12.5 Å². The van der Waals surface area contributed by atoms with Crippen molar-refractivity contribution in [3.05, 3.63) is 17.0 Å². The second-order valence-electron chi connectivity index (χ2n) is 3.47. The van der Waals surface area contributed by atoms with Gasteiger partial charge in [-0.1, -0.05) is 0 Å². The molecule has 1 aromatic heterocycles. The van der Waals surface area contributed by atoms with E-state index in [1.165, 1.54) is 0 Å². The van der Waals surface area contributed by atoms with Crippen molar-refractivity contribution in [2.75, 3.05) is 11.9 Å². The fourth-order valence-corrected chi connectivity index (χ4v) is 1.38. The zero-order valence-corrected chi connectivity index (χ0v) is 9.78. The molecule has 0 saturated carbocycles. The molecule has 0 bridgehead atoms. The molecule has 0 spiro atoms. The van der Waals surface area contributed by atoms with Crippen LogP contribution in [0.25, 0.3) is 0 Å². The smallest absolute Gasteiger partial charge is 0.224 e. The quantitative estimate of drug-likeness (QED) is 0.739. The maximum absolute atomic E-state index is 8.62. The largest absolute Gasteiger partial charge is 0.356 e. The Bertz CT molecular complexity index is 385. The van der Waals surface area contributed by atoms with E-state index in [0.717, 1.165) is 11.4 Å². The summed E-state index contributed by atoms with van der Waals surface area (Å²) in [4.78, 5) is 9.97. The minimum absolute atomic E-state index is 0.111. The number of rotatable bonds is 3. The van der Waals surface area contributed by atoms with Crippen molar-refractivity contribution in [2.45, 2.75) is 26.3 Å². The van der Waals surface area contributed by atoms with E-state index in [-0.39, 0.29) is 11.3 Å². The number of aromatic nitrogens is 2. The first-order chi connectivity index (χ1) is 7.06. The first kappa shape index (κ1) is 11.7. The van der Waals surface area contributed by atoms with E-state index in [1.54, 1.807) is 6.20 Å². The molecule has 0 amide bonds. The van der Waals surface area contributed by atoms with E-state index in [1.807, 2.05) is 25.8 Å². The molecule has 0 radical (unpaired) electrons. The van der Waals surface area contributed by atoms with Crippen molar-refractivity contribution in [2.24, 2.45) is 0 Å². The minimum Gasteiger partial charge on any atom is -0.356 e. The lowest BCUT2D eigenvalue weighted by Crippen LogP contribution is -2.29. The lowest BCUT2D eigenvalue weighted by molar-refractivity contribution is 0.690. The summed E-state index contributed by atoms with van der Waals surface area (Å²) in [6.07, 6.45) is 2.14. The van der Waals surface area contributed by atoms with Gasteiger partial charge in [0.25, 0.3) is 0 Å². The molecule has 4 nitrogen and oxygen atoms in total. The number of nitriles is 1. The van der Waals surface area contributed by atoms with Crippen LogP contribution in [0.2, 0.25) is 5.28 Å². The van der Waals surface area contributed by atoms with Crippen molar-refractivity contribution >= 4 is 17.4 Å². The molecule has 0 aromatic carbocycles. The van der Waals surface area contributed by atoms with Gasteiger partial charge in [0.2, 0.25) is 5.28 Å². The lowest BCUT2D eigenvalue weighted by atomic mass is 10.2. The number of nitrogens with zero attached hydrogens (tertiary/aromatic N) is 4. The van der Waals surface area contributed by atoms with Crippen molar-refractivity contribution < 1.29 is 0 Å². The van der Waals surface area contributed by atoms with Gasteiger partial charge in [0, 0.05) is 24.8 Å². The SMILES string of the molecule is Cc1cnc(Cl)nc1N(C)C(C)CC#N. The normalized spacial score (nSPS) is 11.9. The summed E-state index contributed by atoms with van der Waals surface area (Å²) in [6, 6.07) is 2.24. The van der Waals surface area contributed by atoms with Gasteiger partial charge < -0.3 is 4.90 Å². The van der Waals surface area contributed by atoms with Crippen LogP contribution in [-0.4, -0.2) is 23.1 Å². The zero-order chi connectivity index (χ0) is 11.4. The van der Waals surface area contributed by atoms with Gasteiger partial charge in [-0.15, -0.1) is 0 Å². The van der Waals surface area contributed by atoms with Crippen LogP contribution in [0.5, 0.6) is 0 Å². The Morgan fingerprint density at radius 3 is 2.93 bits per heavy atom. The predicted molar refractivity (Wildman–Crippen MR) is 59.9 cm³/mol. The third-order valence-electron chi connectivity index (χ3n) is 2.30. The van der Waals surface area contributed by atoms with E-state index in [4.69, 9.17) is 16.9 Å². The third-order valence-corrected chi connectivity index (χ3v) is 2.48. The van der Waals surface area contributed by atoms with E-state index in [0.29, 0.717) is 6.42 Å². The number of anilines is 1. The maximum Gasteiger partial charge on any atom is 0.224 e. The molecular formula is C10H13ClN4. The summed E-state index contributed by atoms with van der Waals surface area (Å²) < 4.78 is 0. The Morgan fingerprint density at radius 1 is 1.67 bits per heavy atom. The second-order valence-corrected chi connectivity index (χ2v) is 3.81. The van der Waals surface area contributed by atoms with Crippen molar-refractivity contribution in [3.63, 3.8) is 0 Å². The highest BCUT2D eigenvalue weighted by atomic mass is 35.5. The summed E-state index contributed by atoms with van der Waals surface area (Å²) >= 11 is 5.73. The molecule has 0 aliphatic rings. The van der Waals surface area contributed by atoms with Crippen LogP contribution < -0.4 is 4.90 Å². The van der Waals surface area contributed by atoms with E-state index in [2.05, 4.69) is 16.0 Å². The monoisotopic (exact) mass is 224 g/mol. The van der Waals surface area contributed by atoms with Crippen LogP contribution in [-0.2, 0) is 0 Å². The summed E-state index contributed by atoms with van der Waals surface area (Å²) in [5.41, 5.74) is 0.951. The Balaban J connectivity index is 2.95. The standard InChI is InChI=1S/C10H13ClN4/c1-7-6-13-10(11)14-9(7)15(3)8(2)4-5-12/h6,8H,4H2,1-3H3. The fourth-order valence-electron chi connectivity index (χ4n) is 1.25. The molecule has 0 aliphatic heterocycles. The molecule has 0 N–H and O–H groups in total. The average Bonchev–Trinajstić information content (AvgIpc) is 2.21. The molecule has 1 heterocycles. The summed E-state index contributed by atoms with van der Waals surface area (Å²) in [5, 5.41) is 8.85. The van der Waals surface area contributed by atoms with Crippen LogP contribution in [0, 0.1) is 18.3 Å². The molecule has 0 saturated heterocycles. The average molecular weight is 225 g/mol. The zero-order valence-electron chi connectivity index (χ0n) is 9.03. The van der Waals surface area contributed by atoms with Crippen LogP contribution >= 0.6 is 11.6 Å². The fraction of sp³-hybridized carbons (Fsp3) is 0.500. The maximum atomic E-state index is 8.62. The van der Waals surface area contributed by atoms with Crippen molar-refractivity contribution in [1.29, 1.82) is 5.26 Å². The van der Waals surface area contributed by atoms with Gasteiger partial charge in [0.15, 0.2) is 0 Å². The summed E-state index contributed by atoms with van der Waals surface area (Å²) in [5.74, 6) is 0.776. The van der Waals surface area contributed by atoms with E-state index >= 15 is 0 Å². The third kappa shape index (κ3) is 2.80. The van der Waals surface area contributed by atoms with Crippen LogP contribution in [0.1, 0.15) is 18.9 Å². The Hall–Kier alpha value is -1.34. The van der Waals surface area contributed by atoms with Gasteiger partial charge in [-0.3, -0.25) is 0 Å². The topological polar surface area (TPSA) is 52.8 Å². The molecule has 1 unspecified atom stereocenters. The van der Waals surface area contributed by atoms with Gasteiger partial charge in [-0.25, -0.2) is 9.97 Å². The van der Waals surface area contributed by atoms with E-state index in [9.17, 15) is 0 Å². The highest BCUT2D eigenvalue weighted by molar-refractivity contribution is 6.28. The summed E-state index contributed by atoms with van der Waals surface area (Å²) in [7, 11) is 1.90. The lowest BCUT2D eigenvalue weighted by Gasteiger charge is -2.25. The Kier molecular flexibility index (Phi) is 3.87. The molecule has 1 aromatic rings. The Labute approximate surface area is 94.5 Å². The van der Waals surface area contributed by atoms with Crippen molar-refractivity contribution in [3.8, 4) is 6.07 Å². The number of halogens is 1. The number of hydrogen-bond donors (Lipinski definition) is 0. The van der Waals surface area contributed by atoms with Crippen molar-refractivity contribution in [1.82, 2.24) is 9.97 Å². The molecule has 1 rings (SSSR count). The van der Waals surface area contributed by atoms with Crippen LogP contribution in [0.15, 0.2) is 6.20 Å².